The van der Waals surface area contributed by atoms with E-state index in [1.807, 2.05) is 25.8 Å². The van der Waals surface area contributed by atoms with E-state index >= 15 is 0 Å². The molecule has 2 amide bonds. The Kier molecular flexibility index (Phi) is 11.8. The second-order valence-electron chi connectivity index (χ2n) is 4.99. The van der Waals surface area contributed by atoms with Crippen LogP contribution in [0.1, 0.15) is 13.8 Å². The number of hydrogen-bond donors (Lipinski definition) is 2. The normalized spacial score (nSPS) is 13.5. The maximum Gasteiger partial charge on any atom is 0.240 e. The molecule has 0 aliphatic carbocycles. The first kappa shape index (κ1) is 21.6. The first-order valence-corrected chi connectivity index (χ1v) is 10.00. The van der Waals surface area contributed by atoms with Crippen LogP contribution >= 0.6 is 21.6 Å². The van der Waals surface area contributed by atoms with Crippen LogP contribution in [0.15, 0.2) is 0 Å². The second-order valence-corrected chi connectivity index (χ2v) is 7.55. The molecule has 0 spiro atoms. The third-order valence-corrected chi connectivity index (χ3v) is 5.78. The number of hydrogen-bond acceptors (Lipinski definition) is 6. The van der Waals surface area contributed by atoms with Gasteiger partial charge in [0.15, 0.2) is 0 Å². The molecule has 0 rings (SSSR count). The summed E-state index contributed by atoms with van der Waals surface area (Å²) in [5.41, 5.74) is 0. The molecule has 0 aliphatic heterocycles. The molecule has 0 aromatic rings. The Labute approximate surface area is 142 Å². The summed E-state index contributed by atoms with van der Waals surface area (Å²) < 4.78 is 0. The summed E-state index contributed by atoms with van der Waals surface area (Å²) in [6.45, 7) is 5.43. The van der Waals surface area contributed by atoms with Gasteiger partial charge in [0.05, 0.1) is 12.1 Å². The van der Waals surface area contributed by atoms with Gasteiger partial charge in [-0.05, 0) is 27.9 Å². The van der Waals surface area contributed by atoms with Crippen molar-refractivity contribution in [1.29, 1.82) is 0 Å². The third-order valence-electron chi connectivity index (χ3n) is 3.36. The largest absolute Gasteiger partial charge is 0.347 e. The van der Waals surface area contributed by atoms with Gasteiger partial charge in [-0.2, -0.15) is 0 Å². The van der Waals surface area contributed by atoms with E-state index in [4.69, 9.17) is 0 Å². The van der Waals surface area contributed by atoms with Crippen molar-refractivity contribution in [2.45, 2.75) is 25.9 Å². The Hall–Kier alpha value is -0.440. The fraction of sp³-hybridized carbons (Fsp3) is 0.857. The van der Waals surface area contributed by atoms with Crippen molar-refractivity contribution in [1.82, 2.24) is 20.4 Å². The zero-order valence-electron chi connectivity index (χ0n) is 14.5. The van der Waals surface area contributed by atoms with Gasteiger partial charge in [-0.15, -0.1) is 0 Å². The van der Waals surface area contributed by atoms with E-state index in [1.54, 1.807) is 47.6 Å². The standard InChI is InChI=1S/C14H30N4O2S2/c1-7-18(8-2)14(20)12(16-4)10-22-21-9-11(15-3)13(19)17(5)6/h11-12,15-16H,7-10H2,1-6H3/t11-,12-/m0/s1. The van der Waals surface area contributed by atoms with Crippen LogP contribution < -0.4 is 10.6 Å². The lowest BCUT2D eigenvalue weighted by molar-refractivity contribution is -0.132. The molecule has 0 aromatic heterocycles. The molecule has 0 heterocycles. The van der Waals surface area contributed by atoms with Crippen molar-refractivity contribution in [2.24, 2.45) is 0 Å². The molecule has 2 N–H and O–H groups in total. The topological polar surface area (TPSA) is 64.7 Å². The predicted octanol–water partition coefficient (Wildman–Crippen LogP) is 0.500. The highest BCUT2D eigenvalue weighted by molar-refractivity contribution is 8.76. The fourth-order valence-electron chi connectivity index (χ4n) is 1.86. The van der Waals surface area contributed by atoms with Crippen LogP contribution in [0, 0.1) is 0 Å². The summed E-state index contributed by atoms with van der Waals surface area (Å²) in [7, 11) is 10.3. The van der Waals surface area contributed by atoms with Crippen LogP contribution in [0.4, 0.5) is 0 Å². The third kappa shape index (κ3) is 7.21. The second kappa shape index (κ2) is 12.0. The van der Waals surface area contributed by atoms with E-state index < -0.39 is 0 Å². The minimum atomic E-state index is -0.195. The molecular weight excluding hydrogens is 320 g/mol. The highest BCUT2D eigenvalue weighted by atomic mass is 33.1. The quantitative estimate of drug-likeness (QED) is 0.418. The van der Waals surface area contributed by atoms with Crippen molar-refractivity contribution >= 4 is 33.4 Å². The van der Waals surface area contributed by atoms with Crippen molar-refractivity contribution in [2.75, 3.05) is 52.8 Å². The summed E-state index contributed by atoms with van der Waals surface area (Å²) in [6.07, 6.45) is 0. The highest BCUT2D eigenvalue weighted by Crippen LogP contribution is 2.23. The lowest BCUT2D eigenvalue weighted by Gasteiger charge is -2.24. The van der Waals surface area contributed by atoms with Gasteiger partial charge in [0.1, 0.15) is 0 Å². The van der Waals surface area contributed by atoms with Gasteiger partial charge >= 0.3 is 0 Å². The van der Waals surface area contributed by atoms with Gasteiger partial charge < -0.3 is 20.4 Å². The van der Waals surface area contributed by atoms with Gasteiger partial charge in [0, 0.05) is 38.7 Å². The first-order chi connectivity index (χ1) is 10.4. The van der Waals surface area contributed by atoms with Crippen LogP contribution in [0.25, 0.3) is 0 Å². The van der Waals surface area contributed by atoms with Crippen molar-refractivity contribution in [3.8, 4) is 0 Å². The van der Waals surface area contributed by atoms with Crippen LogP contribution in [0.3, 0.4) is 0 Å². The van der Waals surface area contributed by atoms with Crippen molar-refractivity contribution in [3.63, 3.8) is 0 Å². The fourth-order valence-corrected chi connectivity index (χ4v) is 4.33. The minimum absolute atomic E-state index is 0.0694. The zero-order valence-corrected chi connectivity index (χ0v) is 16.1. The summed E-state index contributed by atoms with van der Waals surface area (Å²) >= 11 is 0. The number of rotatable bonds is 11. The number of carbonyl (C=O) groups is 2. The monoisotopic (exact) mass is 350 g/mol. The molecule has 130 valence electrons. The molecule has 0 saturated carbocycles. The van der Waals surface area contributed by atoms with E-state index in [9.17, 15) is 9.59 Å². The average molecular weight is 351 g/mol. The zero-order chi connectivity index (χ0) is 17.1. The first-order valence-electron chi connectivity index (χ1n) is 7.51. The molecule has 2 atom stereocenters. The van der Waals surface area contributed by atoms with Gasteiger partial charge in [-0.25, -0.2) is 0 Å². The number of nitrogens with one attached hydrogen (secondary N) is 2. The van der Waals surface area contributed by atoms with Gasteiger partial charge in [0.25, 0.3) is 0 Å². The number of nitrogens with zero attached hydrogens (tertiary/aromatic N) is 2. The Morgan fingerprint density at radius 1 is 0.909 bits per heavy atom. The number of likely N-dealkylation sites (N-methyl/N-ethyl adjacent to an activating group) is 4. The van der Waals surface area contributed by atoms with E-state index in [0.29, 0.717) is 11.5 Å². The molecule has 0 aromatic carbocycles. The highest BCUT2D eigenvalue weighted by Gasteiger charge is 2.22. The Morgan fingerprint density at radius 3 is 1.64 bits per heavy atom. The van der Waals surface area contributed by atoms with Gasteiger partial charge in [0.2, 0.25) is 11.8 Å². The molecule has 0 fully saturated rings. The summed E-state index contributed by atoms with van der Waals surface area (Å²) in [5.74, 6) is 1.56. The Morgan fingerprint density at radius 2 is 1.32 bits per heavy atom. The molecule has 0 radical (unpaired) electrons. The Bertz CT molecular complexity index is 339. The maximum atomic E-state index is 12.3. The van der Waals surface area contributed by atoms with Crippen LogP contribution in [-0.4, -0.2) is 86.5 Å². The van der Waals surface area contributed by atoms with Crippen LogP contribution in [0.5, 0.6) is 0 Å². The number of amides is 2. The molecule has 0 unspecified atom stereocenters. The molecule has 6 nitrogen and oxygen atoms in total. The molecule has 0 bridgehead atoms. The SMILES string of the molecule is CCN(CC)C(=O)[C@H](CSSC[C@H](NC)C(=O)N(C)C)NC. The maximum absolute atomic E-state index is 12.3. The van der Waals surface area contributed by atoms with E-state index in [1.165, 1.54) is 0 Å². The smallest absolute Gasteiger partial charge is 0.240 e. The van der Waals surface area contributed by atoms with Crippen molar-refractivity contribution in [3.05, 3.63) is 0 Å². The lowest BCUT2D eigenvalue weighted by Crippen LogP contribution is -2.46. The van der Waals surface area contributed by atoms with E-state index in [-0.39, 0.29) is 23.9 Å². The van der Waals surface area contributed by atoms with E-state index in [0.717, 1.165) is 13.1 Å². The summed E-state index contributed by atoms with van der Waals surface area (Å²) in [4.78, 5) is 27.6. The molecule has 8 heteroatoms. The minimum Gasteiger partial charge on any atom is -0.347 e. The van der Waals surface area contributed by atoms with Gasteiger partial charge in [-0.1, -0.05) is 21.6 Å². The lowest BCUT2D eigenvalue weighted by atomic mass is 10.3. The number of carbonyl (C=O) groups excluding carboxylic acids is 2. The molecule has 22 heavy (non-hydrogen) atoms. The summed E-state index contributed by atoms with van der Waals surface area (Å²) in [5, 5.41) is 6.11. The summed E-state index contributed by atoms with van der Waals surface area (Å²) in [6, 6.07) is -0.381. The van der Waals surface area contributed by atoms with Crippen LogP contribution in [-0.2, 0) is 9.59 Å². The molecule has 0 aliphatic rings. The predicted molar refractivity (Wildman–Crippen MR) is 97.2 cm³/mol. The van der Waals surface area contributed by atoms with E-state index in [2.05, 4.69) is 10.6 Å². The molecular formula is C14H30N4O2S2. The Balaban J connectivity index is 4.25. The van der Waals surface area contributed by atoms with Crippen molar-refractivity contribution < 1.29 is 9.59 Å². The molecule has 0 saturated heterocycles. The van der Waals surface area contributed by atoms with Gasteiger partial charge in [-0.3, -0.25) is 9.59 Å². The van der Waals surface area contributed by atoms with Crippen LogP contribution in [0.2, 0.25) is 0 Å². The average Bonchev–Trinajstić information content (AvgIpc) is 2.51.